The topological polar surface area (TPSA) is 85.9 Å². The highest BCUT2D eigenvalue weighted by atomic mass is 19.4. The lowest BCUT2D eigenvalue weighted by molar-refractivity contribution is -0.160. The van der Waals surface area contributed by atoms with E-state index in [9.17, 15) is 27.2 Å². The van der Waals surface area contributed by atoms with Gasteiger partial charge in [-0.25, -0.2) is 9.18 Å². The van der Waals surface area contributed by atoms with Crippen molar-refractivity contribution in [3.8, 4) is 5.75 Å². The molecule has 196 valence electrons. The number of rotatable bonds is 7. The number of hydrogen-bond donors (Lipinski definition) is 2. The summed E-state index contributed by atoms with van der Waals surface area (Å²) in [6.45, 7) is 4.03. The van der Waals surface area contributed by atoms with Crippen LogP contribution in [0, 0.1) is 5.82 Å². The van der Waals surface area contributed by atoms with E-state index in [1.807, 2.05) is 0 Å². The number of urea groups is 1. The van der Waals surface area contributed by atoms with Gasteiger partial charge in [-0.05, 0) is 49.7 Å². The Labute approximate surface area is 210 Å². The largest absolute Gasteiger partial charge is 0.493 e. The fourth-order valence-electron chi connectivity index (χ4n) is 3.82. The molecule has 0 unspecified atom stereocenters. The first kappa shape index (κ1) is 26.2. The molecular formula is C26H24F4N2O5. The maximum Gasteiger partial charge on any atom is 0.420 e. The van der Waals surface area contributed by atoms with E-state index in [1.165, 1.54) is 30.3 Å². The molecule has 1 saturated heterocycles. The smallest absolute Gasteiger partial charge is 0.420 e. The first-order valence-electron chi connectivity index (χ1n) is 11.4. The van der Waals surface area contributed by atoms with Crippen molar-refractivity contribution >= 4 is 28.8 Å². The number of anilines is 2. The lowest BCUT2D eigenvalue weighted by Crippen LogP contribution is -2.51. The van der Waals surface area contributed by atoms with Gasteiger partial charge in [-0.15, -0.1) is 0 Å². The summed E-state index contributed by atoms with van der Waals surface area (Å²) < 4.78 is 71.7. The zero-order valence-electron chi connectivity index (χ0n) is 20.0. The van der Waals surface area contributed by atoms with Gasteiger partial charge in [-0.1, -0.05) is 12.1 Å². The van der Waals surface area contributed by atoms with Crippen molar-refractivity contribution in [2.24, 2.45) is 0 Å². The van der Waals surface area contributed by atoms with Crippen LogP contribution in [0.1, 0.15) is 31.4 Å². The van der Waals surface area contributed by atoms with E-state index in [2.05, 4.69) is 10.6 Å². The Balaban J connectivity index is 1.47. The van der Waals surface area contributed by atoms with Crippen molar-refractivity contribution in [2.75, 3.05) is 30.5 Å². The zero-order valence-corrected chi connectivity index (χ0v) is 20.0. The summed E-state index contributed by atoms with van der Waals surface area (Å²) in [6.07, 6.45) is -1.61. The molecule has 2 aromatic carbocycles. The summed E-state index contributed by atoms with van der Waals surface area (Å²) in [7, 11) is 0. The molecule has 2 amide bonds. The zero-order chi connectivity index (χ0) is 26.8. The molecule has 2 aliphatic rings. The van der Waals surface area contributed by atoms with E-state index in [0.29, 0.717) is 23.5 Å². The summed E-state index contributed by atoms with van der Waals surface area (Å²) in [5.74, 6) is -0.979. The Morgan fingerprint density at radius 2 is 1.89 bits per heavy atom. The second-order valence-electron chi connectivity index (χ2n) is 8.76. The number of carbonyl (C=O) groups is 2. The molecule has 2 N–H and O–H groups in total. The second-order valence-corrected chi connectivity index (χ2v) is 8.76. The molecule has 4 rings (SSSR count). The third-order valence-corrected chi connectivity index (χ3v) is 5.61. The van der Waals surface area contributed by atoms with Crippen molar-refractivity contribution in [3.63, 3.8) is 0 Å². The minimum absolute atomic E-state index is 0.137. The predicted molar refractivity (Wildman–Crippen MR) is 128 cm³/mol. The molecule has 0 atom stereocenters. The Morgan fingerprint density at radius 3 is 2.51 bits per heavy atom. The van der Waals surface area contributed by atoms with Gasteiger partial charge in [0.2, 0.25) is 0 Å². The van der Waals surface area contributed by atoms with Gasteiger partial charge < -0.3 is 24.8 Å². The maximum atomic E-state index is 14.8. The number of ether oxygens (including phenoxy) is 3. The van der Waals surface area contributed by atoms with Crippen molar-refractivity contribution < 1.29 is 41.4 Å². The molecule has 11 heteroatoms. The van der Waals surface area contributed by atoms with Crippen molar-refractivity contribution in [1.82, 2.24) is 0 Å². The van der Waals surface area contributed by atoms with Crippen LogP contribution in [0.4, 0.5) is 33.7 Å². The second kappa shape index (κ2) is 10.3. The maximum absolute atomic E-state index is 14.8. The number of nitrogens with one attached hydrogen (secondary N) is 2. The summed E-state index contributed by atoms with van der Waals surface area (Å²) >= 11 is 0. The SMILES string of the molecule is CCOC1=CC(=O)CC=C1c1ccc(NC(=O)Nc2ccc(OC3(C)COC3)c(C(F)(F)F)c2)c(F)c1. The minimum Gasteiger partial charge on any atom is -0.493 e. The average molecular weight is 520 g/mol. The van der Waals surface area contributed by atoms with Gasteiger partial charge in [-0.3, -0.25) is 4.79 Å². The highest BCUT2D eigenvalue weighted by Crippen LogP contribution is 2.40. The molecule has 0 saturated carbocycles. The van der Waals surface area contributed by atoms with Gasteiger partial charge in [-0.2, -0.15) is 13.2 Å². The molecule has 1 heterocycles. The van der Waals surface area contributed by atoms with Crippen LogP contribution in [-0.4, -0.2) is 37.2 Å². The first-order valence-corrected chi connectivity index (χ1v) is 11.4. The summed E-state index contributed by atoms with van der Waals surface area (Å²) in [4.78, 5) is 24.1. The van der Waals surface area contributed by atoms with Gasteiger partial charge in [0, 0.05) is 23.8 Å². The van der Waals surface area contributed by atoms with E-state index in [4.69, 9.17) is 14.2 Å². The number of carbonyl (C=O) groups excluding carboxylic acids is 2. The van der Waals surface area contributed by atoms with Crippen LogP contribution in [0.15, 0.2) is 54.3 Å². The normalized spacial score (nSPS) is 16.8. The minimum atomic E-state index is -4.74. The monoisotopic (exact) mass is 520 g/mol. The molecule has 7 nitrogen and oxygen atoms in total. The van der Waals surface area contributed by atoms with Crippen LogP contribution in [0.3, 0.4) is 0 Å². The Bertz CT molecular complexity index is 1280. The number of ketones is 1. The van der Waals surface area contributed by atoms with Crippen molar-refractivity contribution in [2.45, 2.75) is 32.0 Å². The molecule has 0 spiro atoms. The molecule has 1 fully saturated rings. The molecule has 37 heavy (non-hydrogen) atoms. The standard InChI is InChI=1S/C26H24F4N2O5/c1-3-36-23-12-17(33)6-7-18(23)15-4-8-21(20(27)10-15)32-24(34)31-16-5-9-22(19(11-16)26(28,29)30)37-25(2)13-35-14-25/h4-5,7-12H,3,6,13-14H2,1-2H3,(H2,31,32,34). The predicted octanol–water partition coefficient (Wildman–Crippen LogP) is 5.93. The van der Waals surface area contributed by atoms with Gasteiger partial charge in [0.25, 0.3) is 0 Å². The Kier molecular flexibility index (Phi) is 7.26. The fourth-order valence-corrected chi connectivity index (χ4v) is 3.82. The molecule has 1 aliphatic heterocycles. The Morgan fingerprint density at radius 1 is 1.14 bits per heavy atom. The van der Waals surface area contributed by atoms with Gasteiger partial charge >= 0.3 is 12.2 Å². The van der Waals surface area contributed by atoms with E-state index in [0.717, 1.165) is 12.1 Å². The van der Waals surface area contributed by atoms with Gasteiger partial charge in [0.15, 0.2) is 11.4 Å². The summed E-state index contributed by atoms with van der Waals surface area (Å²) in [6, 6.07) is 6.19. The average Bonchev–Trinajstić information content (AvgIpc) is 2.80. The first-order chi connectivity index (χ1) is 17.5. The van der Waals surface area contributed by atoms with E-state index in [-0.39, 0.29) is 42.5 Å². The number of halogens is 4. The molecule has 0 aromatic heterocycles. The molecular weight excluding hydrogens is 496 g/mol. The van der Waals surface area contributed by atoms with Crippen LogP contribution < -0.4 is 15.4 Å². The summed E-state index contributed by atoms with van der Waals surface area (Å²) in [5.41, 5.74) is -1.30. The van der Waals surface area contributed by atoms with E-state index >= 15 is 0 Å². The lowest BCUT2D eigenvalue weighted by atomic mass is 9.96. The van der Waals surface area contributed by atoms with Crippen molar-refractivity contribution in [1.29, 1.82) is 0 Å². The van der Waals surface area contributed by atoms with E-state index < -0.39 is 29.2 Å². The fraction of sp³-hybridized carbons (Fsp3) is 0.308. The number of hydrogen-bond acceptors (Lipinski definition) is 5. The summed E-state index contributed by atoms with van der Waals surface area (Å²) in [5, 5.41) is 4.57. The third-order valence-electron chi connectivity index (χ3n) is 5.61. The van der Waals surface area contributed by atoms with E-state index in [1.54, 1.807) is 19.9 Å². The highest BCUT2D eigenvalue weighted by Gasteiger charge is 2.40. The van der Waals surface area contributed by atoms with Crippen LogP contribution >= 0.6 is 0 Å². The number of allylic oxidation sites excluding steroid dienone is 3. The van der Waals surface area contributed by atoms with Gasteiger partial charge in [0.05, 0.1) is 31.1 Å². The van der Waals surface area contributed by atoms with Gasteiger partial charge in [0.1, 0.15) is 17.3 Å². The van der Waals surface area contributed by atoms with Crippen LogP contribution in [0.5, 0.6) is 5.75 Å². The number of alkyl halides is 3. The molecule has 0 bridgehead atoms. The highest BCUT2D eigenvalue weighted by molar-refractivity contribution is 6.01. The Hall–Kier alpha value is -3.86. The third kappa shape index (κ3) is 6.11. The lowest BCUT2D eigenvalue weighted by Gasteiger charge is -2.38. The van der Waals surface area contributed by atoms with Crippen LogP contribution in [0.2, 0.25) is 0 Å². The molecule has 0 radical (unpaired) electrons. The van der Waals surface area contributed by atoms with Crippen molar-refractivity contribution in [3.05, 3.63) is 71.3 Å². The number of amides is 2. The van der Waals surface area contributed by atoms with Crippen LogP contribution in [-0.2, 0) is 20.4 Å². The number of benzene rings is 2. The van der Waals surface area contributed by atoms with Crippen LogP contribution in [0.25, 0.3) is 5.57 Å². The quantitative estimate of drug-likeness (QED) is 0.442. The molecule has 1 aliphatic carbocycles. The molecule has 2 aromatic rings.